The molecular formula is C27H20N2O4S. The molecule has 0 saturated carbocycles. The van der Waals surface area contributed by atoms with E-state index in [2.05, 4.69) is 5.32 Å². The average Bonchev–Trinajstić information content (AvgIpc) is 2.84. The number of nitrogens with one attached hydrogen (secondary N) is 1. The van der Waals surface area contributed by atoms with Gasteiger partial charge in [0.1, 0.15) is 5.75 Å². The molecule has 0 saturated heterocycles. The van der Waals surface area contributed by atoms with Crippen LogP contribution in [0.15, 0.2) is 88.7 Å². The van der Waals surface area contributed by atoms with Gasteiger partial charge in [0.2, 0.25) is 5.91 Å². The van der Waals surface area contributed by atoms with Crippen LogP contribution in [0.1, 0.15) is 27.6 Å². The van der Waals surface area contributed by atoms with E-state index in [1.54, 1.807) is 43.5 Å². The molecule has 0 fully saturated rings. The summed E-state index contributed by atoms with van der Waals surface area (Å²) in [6.45, 7) is 1.47. The zero-order chi connectivity index (χ0) is 23.8. The summed E-state index contributed by atoms with van der Waals surface area (Å²) in [6, 6.07) is 23.5. The molecule has 4 aromatic carbocycles. The molecule has 5 rings (SSSR count). The fraction of sp³-hybridized carbons (Fsp3) is 0.0741. The Bertz CT molecular complexity index is 1440. The van der Waals surface area contributed by atoms with Gasteiger partial charge >= 0.3 is 0 Å². The Morgan fingerprint density at radius 3 is 2.24 bits per heavy atom. The van der Waals surface area contributed by atoms with Crippen molar-refractivity contribution in [2.75, 3.05) is 17.3 Å². The Morgan fingerprint density at radius 2 is 1.53 bits per heavy atom. The summed E-state index contributed by atoms with van der Waals surface area (Å²) in [5.74, 6) is -0.243. The third-order valence-electron chi connectivity index (χ3n) is 5.62. The number of amides is 3. The van der Waals surface area contributed by atoms with E-state index in [4.69, 9.17) is 4.74 Å². The Balaban J connectivity index is 1.59. The molecule has 1 aliphatic rings. The maximum atomic E-state index is 13.4. The second-order valence-corrected chi connectivity index (χ2v) is 8.85. The van der Waals surface area contributed by atoms with Crippen molar-refractivity contribution in [1.29, 1.82) is 0 Å². The van der Waals surface area contributed by atoms with E-state index in [1.807, 2.05) is 42.5 Å². The molecule has 4 aromatic rings. The molecule has 0 unspecified atom stereocenters. The summed E-state index contributed by atoms with van der Waals surface area (Å²) in [6.07, 6.45) is 0. The molecule has 6 nitrogen and oxygen atoms in total. The van der Waals surface area contributed by atoms with Crippen LogP contribution in [0.25, 0.3) is 10.8 Å². The van der Waals surface area contributed by atoms with Crippen LogP contribution < -0.4 is 15.0 Å². The molecule has 0 aliphatic carbocycles. The number of carbonyl (C=O) groups is 3. The number of imide groups is 1. The van der Waals surface area contributed by atoms with Crippen molar-refractivity contribution in [1.82, 2.24) is 0 Å². The van der Waals surface area contributed by atoms with Gasteiger partial charge in [-0.15, -0.1) is 0 Å². The quantitative estimate of drug-likeness (QED) is 0.377. The molecule has 0 bridgehead atoms. The first-order valence-corrected chi connectivity index (χ1v) is 11.4. The second kappa shape index (κ2) is 8.68. The highest BCUT2D eigenvalue weighted by atomic mass is 32.2. The minimum absolute atomic E-state index is 0.153. The van der Waals surface area contributed by atoms with Gasteiger partial charge in [0.15, 0.2) is 0 Å². The first kappa shape index (κ1) is 21.7. The number of benzene rings is 4. The van der Waals surface area contributed by atoms with E-state index in [1.165, 1.54) is 23.6 Å². The van der Waals surface area contributed by atoms with Crippen LogP contribution in [0.2, 0.25) is 0 Å². The van der Waals surface area contributed by atoms with Gasteiger partial charge in [0.05, 0.1) is 18.5 Å². The number of anilines is 2. The zero-order valence-electron chi connectivity index (χ0n) is 18.5. The van der Waals surface area contributed by atoms with Crippen LogP contribution in [0.4, 0.5) is 11.4 Å². The summed E-state index contributed by atoms with van der Waals surface area (Å²) < 4.78 is 5.19. The number of methoxy groups -OCH3 is 1. The summed E-state index contributed by atoms with van der Waals surface area (Å²) in [7, 11) is 1.56. The SMILES string of the molecule is COc1ccc(N2C(=O)c3cccc4c(Sc5ccccc5NC(C)=O)ccc(c34)C2=O)cc1. The molecule has 7 heteroatoms. The van der Waals surface area contributed by atoms with Crippen LogP contribution in [0, 0.1) is 0 Å². The molecule has 1 heterocycles. The summed E-state index contributed by atoms with van der Waals surface area (Å²) in [5.41, 5.74) is 2.14. The third kappa shape index (κ3) is 3.70. The minimum atomic E-state index is -0.367. The Labute approximate surface area is 200 Å². The Morgan fingerprint density at radius 1 is 0.824 bits per heavy atom. The van der Waals surface area contributed by atoms with Crippen LogP contribution >= 0.6 is 11.8 Å². The molecular weight excluding hydrogens is 448 g/mol. The number of para-hydroxylation sites is 1. The molecule has 0 atom stereocenters. The fourth-order valence-electron chi connectivity index (χ4n) is 4.09. The monoisotopic (exact) mass is 468 g/mol. The lowest BCUT2D eigenvalue weighted by Gasteiger charge is -2.28. The van der Waals surface area contributed by atoms with Crippen molar-refractivity contribution in [3.05, 3.63) is 90.0 Å². The van der Waals surface area contributed by atoms with Gasteiger partial charge in [0.25, 0.3) is 11.8 Å². The van der Waals surface area contributed by atoms with Gasteiger partial charge < -0.3 is 10.1 Å². The van der Waals surface area contributed by atoms with Crippen molar-refractivity contribution in [3.63, 3.8) is 0 Å². The highest BCUT2D eigenvalue weighted by molar-refractivity contribution is 7.99. The maximum Gasteiger partial charge on any atom is 0.265 e. The first-order chi connectivity index (χ1) is 16.5. The van der Waals surface area contributed by atoms with Crippen molar-refractivity contribution in [2.45, 2.75) is 16.7 Å². The van der Waals surface area contributed by atoms with Crippen molar-refractivity contribution >= 4 is 51.6 Å². The molecule has 0 spiro atoms. The highest BCUT2D eigenvalue weighted by Crippen LogP contribution is 2.41. The van der Waals surface area contributed by atoms with Gasteiger partial charge in [-0.25, -0.2) is 4.90 Å². The number of hydrogen-bond acceptors (Lipinski definition) is 5. The third-order valence-corrected chi connectivity index (χ3v) is 6.77. The highest BCUT2D eigenvalue weighted by Gasteiger charge is 2.34. The lowest BCUT2D eigenvalue weighted by Crippen LogP contribution is -2.40. The number of carbonyl (C=O) groups excluding carboxylic acids is 3. The lowest BCUT2D eigenvalue weighted by atomic mass is 9.93. The number of nitrogens with zero attached hydrogens (tertiary/aromatic N) is 1. The zero-order valence-corrected chi connectivity index (χ0v) is 19.3. The van der Waals surface area contributed by atoms with Crippen molar-refractivity contribution in [3.8, 4) is 5.75 Å². The van der Waals surface area contributed by atoms with Gasteiger partial charge in [-0.2, -0.15) is 0 Å². The molecule has 1 N–H and O–H groups in total. The van der Waals surface area contributed by atoms with Gasteiger partial charge in [0, 0.05) is 33.2 Å². The maximum absolute atomic E-state index is 13.4. The molecule has 0 radical (unpaired) electrons. The summed E-state index contributed by atoms with van der Waals surface area (Å²) in [4.78, 5) is 41.4. The van der Waals surface area contributed by atoms with E-state index in [0.717, 1.165) is 15.2 Å². The van der Waals surface area contributed by atoms with Crippen LogP contribution in [0.5, 0.6) is 5.75 Å². The largest absolute Gasteiger partial charge is 0.497 e. The first-order valence-electron chi connectivity index (χ1n) is 10.6. The summed E-state index contributed by atoms with van der Waals surface area (Å²) >= 11 is 1.48. The fourth-order valence-corrected chi connectivity index (χ4v) is 5.12. The number of ether oxygens (including phenoxy) is 1. The van der Waals surface area contributed by atoms with E-state index in [9.17, 15) is 14.4 Å². The lowest BCUT2D eigenvalue weighted by molar-refractivity contribution is -0.114. The van der Waals surface area contributed by atoms with Crippen molar-refractivity contribution < 1.29 is 19.1 Å². The molecule has 34 heavy (non-hydrogen) atoms. The van der Waals surface area contributed by atoms with E-state index < -0.39 is 0 Å². The standard InChI is InChI=1S/C27H20N2O4S/c1-16(30)28-22-8-3-4-9-24(22)34-23-15-14-21-25-19(23)6-5-7-20(25)26(31)29(27(21)32)17-10-12-18(33-2)13-11-17/h3-15H,1-2H3,(H,28,30). The minimum Gasteiger partial charge on any atom is -0.497 e. The average molecular weight is 469 g/mol. The molecule has 3 amide bonds. The van der Waals surface area contributed by atoms with Gasteiger partial charge in [-0.3, -0.25) is 14.4 Å². The smallest absolute Gasteiger partial charge is 0.265 e. The predicted octanol–water partition coefficient (Wildman–Crippen LogP) is 5.76. The Hall–Kier alpha value is -4.10. The van der Waals surface area contributed by atoms with Crippen LogP contribution in [0.3, 0.4) is 0 Å². The topological polar surface area (TPSA) is 75.7 Å². The Kier molecular flexibility index (Phi) is 5.55. The molecule has 168 valence electrons. The summed E-state index contributed by atoms with van der Waals surface area (Å²) in [5, 5.41) is 4.31. The van der Waals surface area contributed by atoms with Gasteiger partial charge in [-0.05, 0) is 60.0 Å². The number of rotatable bonds is 5. The van der Waals surface area contributed by atoms with E-state index in [0.29, 0.717) is 33.6 Å². The molecule has 0 aromatic heterocycles. The van der Waals surface area contributed by atoms with Crippen molar-refractivity contribution in [2.24, 2.45) is 0 Å². The normalized spacial score (nSPS) is 12.7. The van der Waals surface area contributed by atoms with E-state index in [-0.39, 0.29) is 17.7 Å². The second-order valence-electron chi connectivity index (χ2n) is 7.76. The number of hydrogen-bond donors (Lipinski definition) is 1. The van der Waals surface area contributed by atoms with Crippen LogP contribution in [-0.4, -0.2) is 24.8 Å². The van der Waals surface area contributed by atoms with E-state index >= 15 is 0 Å². The molecule has 1 aliphatic heterocycles. The van der Waals surface area contributed by atoms with Crippen LogP contribution in [-0.2, 0) is 4.79 Å². The van der Waals surface area contributed by atoms with Gasteiger partial charge in [-0.1, -0.05) is 36.0 Å². The predicted molar refractivity (Wildman–Crippen MR) is 133 cm³/mol.